The summed E-state index contributed by atoms with van der Waals surface area (Å²) in [6.45, 7) is 0. The van der Waals surface area contributed by atoms with Crippen molar-refractivity contribution >= 4 is 11.7 Å². The van der Waals surface area contributed by atoms with Crippen LogP contribution in [-0.2, 0) is 6.18 Å². The van der Waals surface area contributed by atoms with E-state index < -0.39 is 17.7 Å². The smallest absolute Gasteiger partial charge is 0.416 e. The van der Waals surface area contributed by atoms with Crippen molar-refractivity contribution in [3.05, 3.63) is 59.7 Å². The summed E-state index contributed by atoms with van der Waals surface area (Å²) in [6, 6.07) is 10.8. The van der Waals surface area contributed by atoms with E-state index in [1.54, 1.807) is 43.3 Å². The van der Waals surface area contributed by atoms with Crippen LogP contribution >= 0.6 is 0 Å². The van der Waals surface area contributed by atoms with E-state index in [1.165, 1.54) is 0 Å². The van der Waals surface area contributed by atoms with Crippen LogP contribution in [0.2, 0.25) is 0 Å². The Morgan fingerprint density at radius 2 is 1.59 bits per heavy atom. The number of para-hydroxylation sites is 1. The first-order valence-corrected chi connectivity index (χ1v) is 6.45. The lowest BCUT2D eigenvalue weighted by atomic mass is 10.1. The first kappa shape index (κ1) is 15.9. The SMILES string of the molecule is CN(C)c1ccccc1C(=O)Oc1ccc(C(F)(F)F)cc1. The maximum Gasteiger partial charge on any atom is 0.416 e. The molecule has 0 fully saturated rings. The number of halogens is 3. The standard InChI is InChI=1S/C16H14F3NO2/c1-20(2)14-6-4-3-5-13(14)15(21)22-12-9-7-11(8-10-12)16(17,18)19/h3-10H,1-2H3. The second-order valence-electron chi connectivity index (χ2n) is 4.82. The molecular formula is C16H14F3NO2. The van der Waals surface area contributed by atoms with Gasteiger partial charge in [0, 0.05) is 14.1 Å². The molecule has 0 bridgehead atoms. The van der Waals surface area contributed by atoms with E-state index >= 15 is 0 Å². The van der Waals surface area contributed by atoms with E-state index in [-0.39, 0.29) is 5.75 Å². The molecule has 0 saturated carbocycles. The summed E-state index contributed by atoms with van der Waals surface area (Å²) in [4.78, 5) is 13.9. The number of alkyl halides is 3. The van der Waals surface area contributed by atoms with Crippen LogP contribution in [0.25, 0.3) is 0 Å². The predicted octanol–water partition coefficient (Wildman–Crippen LogP) is 3.99. The Bertz CT molecular complexity index is 664. The van der Waals surface area contributed by atoms with Gasteiger partial charge in [0.25, 0.3) is 0 Å². The van der Waals surface area contributed by atoms with Gasteiger partial charge in [0.05, 0.1) is 16.8 Å². The summed E-state index contributed by atoms with van der Waals surface area (Å²) in [5, 5.41) is 0. The normalized spacial score (nSPS) is 11.1. The molecule has 0 aliphatic heterocycles. The Kier molecular flexibility index (Phi) is 4.40. The predicted molar refractivity (Wildman–Crippen MR) is 77.2 cm³/mol. The molecule has 0 aromatic heterocycles. The van der Waals surface area contributed by atoms with Crippen molar-refractivity contribution in [2.45, 2.75) is 6.18 Å². The highest BCUT2D eigenvalue weighted by Crippen LogP contribution is 2.30. The molecule has 0 radical (unpaired) electrons. The van der Waals surface area contributed by atoms with Gasteiger partial charge in [-0.15, -0.1) is 0 Å². The fourth-order valence-corrected chi connectivity index (χ4v) is 1.91. The number of esters is 1. The van der Waals surface area contributed by atoms with Crippen molar-refractivity contribution in [2.24, 2.45) is 0 Å². The molecule has 2 rings (SSSR count). The topological polar surface area (TPSA) is 29.5 Å². The fourth-order valence-electron chi connectivity index (χ4n) is 1.91. The minimum absolute atomic E-state index is 0.0616. The highest BCUT2D eigenvalue weighted by Gasteiger charge is 2.30. The molecule has 0 aliphatic rings. The molecule has 116 valence electrons. The number of rotatable bonds is 3. The number of benzene rings is 2. The van der Waals surface area contributed by atoms with Crippen LogP contribution in [0.3, 0.4) is 0 Å². The van der Waals surface area contributed by atoms with Crippen LogP contribution < -0.4 is 9.64 Å². The van der Waals surface area contributed by atoms with Crippen LogP contribution in [0.15, 0.2) is 48.5 Å². The summed E-state index contributed by atoms with van der Waals surface area (Å²) >= 11 is 0. The van der Waals surface area contributed by atoms with Gasteiger partial charge in [0.2, 0.25) is 0 Å². The minimum atomic E-state index is -4.42. The Morgan fingerprint density at radius 3 is 2.14 bits per heavy atom. The van der Waals surface area contributed by atoms with E-state index in [0.29, 0.717) is 11.3 Å². The molecule has 0 N–H and O–H groups in total. The van der Waals surface area contributed by atoms with Gasteiger partial charge in [-0.05, 0) is 36.4 Å². The quantitative estimate of drug-likeness (QED) is 0.634. The molecule has 0 atom stereocenters. The molecule has 0 saturated heterocycles. The van der Waals surface area contributed by atoms with E-state index in [0.717, 1.165) is 24.3 Å². The first-order chi connectivity index (χ1) is 10.3. The highest BCUT2D eigenvalue weighted by molar-refractivity contribution is 5.97. The van der Waals surface area contributed by atoms with E-state index in [9.17, 15) is 18.0 Å². The van der Waals surface area contributed by atoms with Gasteiger partial charge >= 0.3 is 12.1 Å². The van der Waals surface area contributed by atoms with Crippen molar-refractivity contribution < 1.29 is 22.7 Å². The van der Waals surface area contributed by atoms with Gasteiger partial charge in [-0.2, -0.15) is 13.2 Å². The van der Waals surface area contributed by atoms with Gasteiger partial charge in [-0.1, -0.05) is 12.1 Å². The van der Waals surface area contributed by atoms with Gasteiger partial charge in [0.1, 0.15) is 5.75 Å². The van der Waals surface area contributed by atoms with Crippen LogP contribution in [-0.4, -0.2) is 20.1 Å². The van der Waals surface area contributed by atoms with Gasteiger partial charge in [-0.25, -0.2) is 4.79 Å². The highest BCUT2D eigenvalue weighted by atomic mass is 19.4. The molecule has 0 spiro atoms. The van der Waals surface area contributed by atoms with E-state index in [4.69, 9.17) is 4.74 Å². The van der Waals surface area contributed by atoms with Crippen molar-refractivity contribution in [3.8, 4) is 5.75 Å². The lowest BCUT2D eigenvalue weighted by Gasteiger charge is -2.16. The molecule has 0 aliphatic carbocycles. The van der Waals surface area contributed by atoms with Crippen LogP contribution in [0.1, 0.15) is 15.9 Å². The second kappa shape index (κ2) is 6.09. The number of hydrogen-bond acceptors (Lipinski definition) is 3. The van der Waals surface area contributed by atoms with Gasteiger partial charge in [0.15, 0.2) is 0 Å². The van der Waals surface area contributed by atoms with Crippen LogP contribution in [0, 0.1) is 0 Å². The maximum absolute atomic E-state index is 12.5. The van der Waals surface area contributed by atoms with Gasteiger partial charge < -0.3 is 9.64 Å². The first-order valence-electron chi connectivity index (χ1n) is 6.45. The summed E-state index contributed by atoms with van der Waals surface area (Å²) in [5.74, 6) is -0.560. The van der Waals surface area contributed by atoms with Crippen molar-refractivity contribution in [1.29, 1.82) is 0 Å². The third-order valence-corrected chi connectivity index (χ3v) is 3.00. The van der Waals surface area contributed by atoms with Crippen LogP contribution in [0.5, 0.6) is 5.75 Å². The van der Waals surface area contributed by atoms with Gasteiger partial charge in [-0.3, -0.25) is 0 Å². The number of ether oxygens (including phenoxy) is 1. The molecule has 2 aromatic carbocycles. The number of anilines is 1. The molecule has 3 nitrogen and oxygen atoms in total. The zero-order valence-corrected chi connectivity index (χ0v) is 12.0. The van der Waals surface area contributed by atoms with Crippen molar-refractivity contribution in [3.63, 3.8) is 0 Å². The summed E-state index contributed by atoms with van der Waals surface area (Å²) in [6.07, 6.45) is -4.42. The number of carbonyl (C=O) groups is 1. The zero-order valence-electron chi connectivity index (χ0n) is 12.0. The summed E-state index contributed by atoms with van der Waals surface area (Å²) in [7, 11) is 3.56. The zero-order chi connectivity index (χ0) is 16.3. The molecule has 2 aromatic rings. The third-order valence-electron chi connectivity index (χ3n) is 3.00. The maximum atomic E-state index is 12.5. The lowest BCUT2D eigenvalue weighted by molar-refractivity contribution is -0.137. The molecule has 6 heteroatoms. The monoisotopic (exact) mass is 309 g/mol. The Balaban J connectivity index is 2.19. The van der Waals surface area contributed by atoms with E-state index in [2.05, 4.69) is 0 Å². The Morgan fingerprint density at radius 1 is 1.00 bits per heavy atom. The van der Waals surface area contributed by atoms with E-state index in [1.807, 2.05) is 0 Å². The summed E-state index contributed by atoms with van der Waals surface area (Å²) < 4.78 is 42.6. The summed E-state index contributed by atoms with van der Waals surface area (Å²) in [5.41, 5.74) is 0.216. The second-order valence-corrected chi connectivity index (χ2v) is 4.82. The lowest BCUT2D eigenvalue weighted by Crippen LogP contribution is -2.17. The third kappa shape index (κ3) is 3.58. The molecule has 0 amide bonds. The number of carbonyl (C=O) groups excluding carboxylic acids is 1. The van der Waals surface area contributed by atoms with Crippen molar-refractivity contribution in [2.75, 3.05) is 19.0 Å². The Hall–Kier alpha value is -2.50. The minimum Gasteiger partial charge on any atom is -0.423 e. The number of hydrogen-bond donors (Lipinski definition) is 0. The molecular weight excluding hydrogens is 295 g/mol. The molecule has 0 heterocycles. The Labute approximate surface area is 125 Å². The number of nitrogens with zero attached hydrogens (tertiary/aromatic N) is 1. The molecule has 0 unspecified atom stereocenters. The average Bonchev–Trinajstić information content (AvgIpc) is 2.46. The van der Waals surface area contributed by atoms with Crippen LogP contribution in [0.4, 0.5) is 18.9 Å². The largest absolute Gasteiger partial charge is 0.423 e. The van der Waals surface area contributed by atoms with Crippen molar-refractivity contribution in [1.82, 2.24) is 0 Å². The average molecular weight is 309 g/mol. The molecule has 22 heavy (non-hydrogen) atoms. The fraction of sp³-hybridized carbons (Fsp3) is 0.188.